The minimum Gasteiger partial charge on any atom is -0.357 e. The monoisotopic (exact) mass is 513 g/mol. The van der Waals surface area contributed by atoms with Crippen LogP contribution in [0, 0.1) is 19.7 Å². The molecule has 0 amide bonds. The molecule has 156 valence electrons. The Balaban J connectivity index is 0.00000392. The van der Waals surface area contributed by atoms with Crippen molar-refractivity contribution in [3.8, 4) is 0 Å². The second-order valence-electron chi connectivity index (χ2n) is 6.12. The molecule has 5 nitrogen and oxygen atoms in total. The standard InChI is InChI=1S/C18H23F4N5.HI/c1-5-23-17(25-10-15-11(2)26-27(4)12(15)3)24-9-13-6-7-14(19)8-16(13)18(20,21)22;/h6-8H,5,9-10H2,1-4H3,(H2,23,24,25);1H. The minimum absolute atomic E-state index is 0. The van der Waals surface area contributed by atoms with E-state index < -0.39 is 17.6 Å². The SMILES string of the molecule is CCNC(=NCc1ccc(F)cc1C(F)(F)F)NCc1c(C)nn(C)c1C.I. The van der Waals surface area contributed by atoms with E-state index in [1.807, 2.05) is 27.8 Å². The van der Waals surface area contributed by atoms with E-state index in [0.29, 0.717) is 25.1 Å². The summed E-state index contributed by atoms with van der Waals surface area (Å²) in [6.07, 6.45) is -4.64. The van der Waals surface area contributed by atoms with Crippen molar-refractivity contribution in [2.45, 2.75) is 40.0 Å². The Morgan fingerprint density at radius 3 is 2.43 bits per heavy atom. The van der Waals surface area contributed by atoms with Gasteiger partial charge in [-0.3, -0.25) is 4.68 Å². The molecule has 2 rings (SSSR count). The van der Waals surface area contributed by atoms with Gasteiger partial charge >= 0.3 is 6.18 Å². The molecule has 0 saturated heterocycles. The molecular weight excluding hydrogens is 489 g/mol. The summed E-state index contributed by atoms with van der Waals surface area (Å²) in [6, 6.07) is 2.61. The first kappa shape index (κ1) is 24.2. The quantitative estimate of drug-likeness (QED) is 0.275. The van der Waals surface area contributed by atoms with Gasteiger partial charge in [0.05, 0.1) is 17.8 Å². The normalized spacial score (nSPS) is 11.9. The van der Waals surface area contributed by atoms with Crippen molar-refractivity contribution in [2.75, 3.05) is 6.54 Å². The maximum Gasteiger partial charge on any atom is 0.416 e. The van der Waals surface area contributed by atoms with Crippen LogP contribution in [0.25, 0.3) is 0 Å². The predicted octanol–water partition coefficient (Wildman–Crippen LogP) is 4.07. The number of rotatable bonds is 5. The van der Waals surface area contributed by atoms with Gasteiger partial charge < -0.3 is 10.6 Å². The summed E-state index contributed by atoms with van der Waals surface area (Å²) in [5.74, 6) is -0.555. The van der Waals surface area contributed by atoms with Gasteiger partial charge in [0.2, 0.25) is 0 Å². The summed E-state index contributed by atoms with van der Waals surface area (Å²) in [5.41, 5.74) is 1.77. The van der Waals surface area contributed by atoms with Crippen LogP contribution >= 0.6 is 24.0 Å². The summed E-state index contributed by atoms with van der Waals surface area (Å²) in [4.78, 5) is 4.21. The first-order valence-electron chi connectivity index (χ1n) is 8.50. The number of aromatic nitrogens is 2. The van der Waals surface area contributed by atoms with Gasteiger partial charge in [0, 0.05) is 31.4 Å². The molecule has 0 aliphatic carbocycles. The van der Waals surface area contributed by atoms with E-state index in [1.54, 1.807) is 4.68 Å². The lowest BCUT2D eigenvalue weighted by Gasteiger charge is -2.14. The minimum atomic E-state index is -4.64. The Morgan fingerprint density at radius 1 is 1.21 bits per heavy atom. The molecule has 0 fully saturated rings. The van der Waals surface area contributed by atoms with Crippen LogP contribution in [-0.2, 0) is 26.3 Å². The highest BCUT2D eigenvalue weighted by atomic mass is 127. The van der Waals surface area contributed by atoms with E-state index in [1.165, 1.54) is 0 Å². The fraction of sp³-hybridized carbons (Fsp3) is 0.444. The lowest BCUT2D eigenvalue weighted by Crippen LogP contribution is -2.37. The molecule has 1 aromatic heterocycles. The zero-order chi connectivity index (χ0) is 20.2. The largest absolute Gasteiger partial charge is 0.416 e. The second-order valence-corrected chi connectivity index (χ2v) is 6.12. The Morgan fingerprint density at radius 2 is 1.89 bits per heavy atom. The summed E-state index contributed by atoms with van der Waals surface area (Å²) in [7, 11) is 1.85. The van der Waals surface area contributed by atoms with Crippen LogP contribution in [0.15, 0.2) is 23.2 Å². The molecule has 0 saturated carbocycles. The number of aryl methyl sites for hydroxylation is 2. The zero-order valence-corrected chi connectivity index (χ0v) is 18.4. The van der Waals surface area contributed by atoms with Crippen LogP contribution in [0.2, 0.25) is 0 Å². The Hall–Kier alpha value is -1.85. The van der Waals surface area contributed by atoms with Gasteiger partial charge in [-0.1, -0.05) is 6.07 Å². The highest BCUT2D eigenvalue weighted by molar-refractivity contribution is 14.0. The van der Waals surface area contributed by atoms with Crippen molar-refractivity contribution in [1.29, 1.82) is 0 Å². The maximum atomic E-state index is 13.2. The van der Waals surface area contributed by atoms with Crippen molar-refractivity contribution in [1.82, 2.24) is 20.4 Å². The first-order chi connectivity index (χ1) is 12.6. The van der Waals surface area contributed by atoms with Crippen LogP contribution in [0.4, 0.5) is 17.6 Å². The third-order valence-corrected chi connectivity index (χ3v) is 4.22. The lowest BCUT2D eigenvalue weighted by atomic mass is 10.1. The Kier molecular flexibility index (Phi) is 8.71. The zero-order valence-electron chi connectivity index (χ0n) is 16.1. The van der Waals surface area contributed by atoms with Crippen LogP contribution < -0.4 is 10.6 Å². The van der Waals surface area contributed by atoms with E-state index in [2.05, 4.69) is 20.7 Å². The smallest absolute Gasteiger partial charge is 0.357 e. The van der Waals surface area contributed by atoms with Crippen molar-refractivity contribution < 1.29 is 17.6 Å². The van der Waals surface area contributed by atoms with Crippen molar-refractivity contribution >= 4 is 29.9 Å². The number of hydrogen-bond donors (Lipinski definition) is 2. The van der Waals surface area contributed by atoms with Crippen LogP contribution in [-0.4, -0.2) is 22.3 Å². The van der Waals surface area contributed by atoms with E-state index in [9.17, 15) is 17.6 Å². The Labute approximate surface area is 178 Å². The van der Waals surface area contributed by atoms with Crippen molar-refractivity contribution in [2.24, 2.45) is 12.0 Å². The molecule has 0 unspecified atom stereocenters. The number of alkyl halides is 3. The van der Waals surface area contributed by atoms with Gasteiger partial charge in [0.25, 0.3) is 0 Å². The van der Waals surface area contributed by atoms with E-state index in [4.69, 9.17) is 0 Å². The average molecular weight is 513 g/mol. The molecule has 10 heteroatoms. The number of halogens is 5. The number of guanidine groups is 1. The van der Waals surface area contributed by atoms with Gasteiger partial charge in [-0.25, -0.2) is 9.38 Å². The van der Waals surface area contributed by atoms with Gasteiger partial charge in [0.1, 0.15) is 5.82 Å². The van der Waals surface area contributed by atoms with Gasteiger partial charge in [0.15, 0.2) is 5.96 Å². The van der Waals surface area contributed by atoms with Gasteiger partial charge in [-0.15, -0.1) is 24.0 Å². The molecule has 0 atom stereocenters. The average Bonchev–Trinajstić information content (AvgIpc) is 2.82. The summed E-state index contributed by atoms with van der Waals surface area (Å²) < 4.78 is 54.3. The Bertz CT molecular complexity index is 830. The second kappa shape index (κ2) is 10.1. The van der Waals surface area contributed by atoms with E-state index in [0.717, 1.165) is 29.1 Å². The number of hydrogen-bond acceptors (Lipinski definition) is 2. The fourth-order valence-corrected chi connectivity index (χ4v) is 2.70. The van der Waals surface area contributed by atoms with Gasteiger partial charge in [-0.2, -0.15) is 18.3 Å². The van der Waals surface area contributed by atoms with Crippen LogP contribution in [0.1, 0.15) is 35.0 Å². The van der Waals surface area contributed by atoms with Crippen molar-refractivity contribution in [3.63, 3.8) is 0 Å². The van der Waals surface area contributed by atoms with E-state index in [-0.39, 0.29) is 36.1 Å². The third kappa shape index (κ3) is 6.08. The highest BCUT2D eigenvalue weighted by Crippen LogP contribution is 2.32. The molecular formula is C18H24F4IN5. The number of aliphatic imine (C=N–C) groups is 1. The fourth-order valence-electron chi connectivity index (χ4n) is 2.70. The molecule has 0 aliphatic rings. The maximum absolute atomic E-state index is 13.2. The van der Waals surface area contributed by atoms with Crippen LogP contribution in [0.3, 0.4) is 0 Å². The molecule has 1 aromatic carbocycles. The molecule has 2 N–H and O–H groups in total. The summed E-state index contributed by atoms with van der Waals surface area (Å²) in [5, 5.41) is 10.4. The molecule has 1 heterocycles. The summed E-state index contributed by atoms with van der Waals surface area (Å²) >= 11 is 0. The van der Waals surface area contributed by atoms with E-state index >= 15 is 0 Å². The predicted molar refractivity (Wildman–Crippen MR) is 111 cm³/mol. The molecule has 0 radical (unpaired) electrons. The molecule has 0 spiro atoms. The highest BCUT2D eigenvalue weighted by Gasteiger charge is 2.33. The molecule has 0 aliphatic heterocycles. The van der Waals surface area contributed by atoms with Crippen LogP contribution in [0.5, 0.6) is 0 Å². The number of nitrogens with zero attached hydrogens (tertiary/aromatic N) is 3. The number of benzene rings is 1. The molecule has 28 heavy (non-hydrogen) atoms. The van der Waals surface area contributed by atoms with Crippen molar-refractivity contribution in [3.05, 3.63) is 52.1 Å². The molecule has 2 aromatic rings. The first-order valence-corrected chi connectivity index (χ1v) is 8.50. The summed E-state index contributed by atoms with van der Waals surface area (Å²) in [6.45, 7) is 6.45. The molecule has 0 bridgehead atoms. The topological polar surface area (TPSA) is 54.2 Å². The third-order valence-electron chi connectivity index (χ3n) is 4.22. The lowest BCUT2D eigenvalue weighted by molar-refractivity contribution is -0.138. The number of nitrogens with one attached hydrogen (secondary N) is 2. The van der Waals surface area contributed by atoms with Gasteiger partial charge in [-0.05, 0) is 38.5 Å².